The number of pyridine rings is 1. The summed E-state index contributed by atoms with van der Waals surface area (Å²) in [7, 11) is 0. The highest BCUT2D eigenvalue weighted by atomic mass is 32.2. The molecule has 0 aliphatic carbocycles. The molecule has 2 aromatic carbocycles. The molecular weight excluding hydrogens is 385 g/mol. The fourth-order valence-corrected chi connectivity index (χ4v) is 3.70. The number of nitrogens with zero attached hydrogens (tertiary/aromatic N) is 2. The molecular formula is C21H15F3N2OS. The van der Waals surface area contributed by atoms with Crippen LogP contribution in [0.2, 0.25) is 0 Å². The van der Waals surface area contributed by atoms with Crippen LogP contribution in [-0.4, -0.2) is 9.97 Å². The van der Waals surface area contributed by atoms with Gasteiger partial charge in [-0.2, -0.15) is 13.2 Å². The molecule has 142 valence electrons. The number of benzene rings is 2. The second-order valence-corrected chi connectivity index (χ2v) is 7.36. The molecule has 0 radical (unpaired) electrons. The van der Waals surface area contributed by atoms with Crippen LogP contribution in [-0.2, 0) is 11.9 Å². The summed E-state index contributed by atoms with van der Waals surface area (Å²) in [5, 5.41) is 0. The number of alkyl halides is 3. The third-order valence-electron chi connectivity index (χ3n) is 4.24. The zero-order valence-corrected chi connectivity index (χ0v) is 15.6. The van der Waals surface area contributed by atoms with Gasteiger partial charge in [0.1, 0.15) is 5.52 Å². The average Bonchev–Trinajstić information content (AvgIpc) is 3.10. The van der Waals surface area contributed by atoms with Gasteiger partial charge in [-0.05, 0) is 36.8 Å². The standard InChI is InChI=1S/C21H15F3N2OS/c1-13-2-4-14(5-3-13)12-28-19-11-25-9-8-16(19)20-26-17-10-15(21(22,23)24)6-7-18(17)27-20/h2-11H,12H2,1H3. The summed E-state index contributed by atoms with van der Waals surface area (Å²) in [6, 6.07) is 13.3. The van der Waals surface area contributed by atoms with Crippen LogP contribution < -0.4 is 0 Å². The molecule has 28 heavy (non-hydrogen) atoms. The van der Waals surface area contributed by atoms with E-state index in [4.69, 9.17) is 4.42 Å². The molecule has 0 fully saturated rings. The number of hydrogen-bond acceptors (Lipinski definition) is 4. The zero-order chi connectivity index (χ0) is 19.7. The minimum Gasteiger partial charge on any atom is -0.436 e. The molecule has 0 spiro atoms. The topological polar surface area (TPSA) is 38.9 Å². The van der Waals surface area contributed by atoms with Gasteiger partial charge in [0.2, 0.25) is 5.89 Å². The summed E-state index contributed by atoms with van der Waals surface area (Å²) >= 11 is 1.58. The monoisotopic (exact) mass is 400 g/mol. The van der Waals surface area contributed by atoms with Crippen LogP contribution in [0, 0.1) is 6.92 Å². The van der Waals surface area contributed by atoms with Crippen molar-refractivity contribution in [2.24, 2.45) is 0 Å². The van der Waals surface area contributed by atoms with Crippen molar-refractivity contribution in [1.29, 1.82) is 0 Å². The summed E-state index contributed by atoms with van der Waals surface area (Å²) < 4.78 is 44.5. The van der Waals surface area contributed by atoms with E-state index in [0.717, 1.165) is 28.3 Å². The molecule has 0 unspecified atom stereocenters. The average molecular weight is 400 g/mol. The summed E-state index contributed by atoms with van der Waals surface area (Å²) in [5.74, 6) is 1.01. The van der Waals surface area contributed by atoms with E-state index in [0.29, 0.717) is 11.1 Å². The highest BCUT2D eigenvalue weighted by Gasteiger charge is 2.31. The molecule has 0 atom stereocenters. The van der Waals surface area contributed by atoms with Crippen molar-refractivity contribution in [2.45, 2.75) is 23.7 Å². The van der Waals surface area contributed by atoms with Gasteiger partial charge in [-0.3, -0.25) is 4.98 Å². The van der Waals surface area contributed by atoms with E-state index in [-0.39, 0.29) is 11.4 Å². The van der Waals surface area contributed by atoms with Crippen molar-refractivity contribution in [3.05, 3.63) is 77.6 Å². The summed E-state index contributed by atoms with van der Waals surface area (Å²) in [4.78, 5) is 9.29. The smallest absolute Gasteiger partial charge is 0.416 e. The molecule has 0 saturated heterocycles. The molecule has 2 heterocycles. The Labute approximate surface area is 163 Å². The highest BCUT2D eigenvalue weighted by Crippen LogP contribution is 2.36. The number of thioether (sulfide) groups is 1. The van der Waals surface area contributed by atoms with Crippen molar-refractivity contribution in [3.63, 3.8) is 0 Å². The molecule has 7 heteroatoms. The molecule has 0 bridgehead atoms. The minimum absolute atomic E-state index is 0.177. The molecule has 0 N–H and O–H groups in total. The summed E-state index contributed by atoms with van der Waals surface area (Å²) in [6.45, 7) is 2.04. The largest absolute Gasteiger partial charge is 0.436 e. The Morgan fingerprint density at radius 2 is 1.82 bits per heavy atom. The second-order valence-electron chi connectivity index (χ2n) is 6.35. The fourth-order valence-electron chi connectivity index (χ4n) is 2.74. The lowest BCUT2D eigenvalue weighted by molar-refractivity contribution is -0.137. The van der Waals surface area contributed by atoms with Crippen LogP contribution in [0.3, 0.4) is 0 Å². The van der Waals surface area contributed by atoms with E-state index >= 15 is 0 Å². The number of oxazole rings is 1. The van der Waals surface area contributed by atoms with E-state index < -0.39 is 11.7 Å². The Bertz CT molecular complexity index is 1120. The fraction of sp³-hybridized carbons (Fsp3) is 0.143. The van der Waals surface area contributed by atoms with Gasteiger partial charge in [-0.25, -0.2) is 4.98 Å². The van der Waals surface area contributed by atoms with Crippen LogP contribution in [0.1, 0.15) is 16.7 Å². The van der Waals surface area contributed by atoms with Crippen LogP contribution in [0.25, 0.3) is 22.6 Å². The van der Waals surface area contributed by atoms with Gasteiger partial charge < -0.3 is 4.42 Å². The molecule has 0 aliphatic heterocycles. The van der Waals surface area contributed by atoms with E-state index in [1.807, 2.05) is 6.92 Å². The minimum atomic E-state index is -4.42. The molecule has 2 aromatic heterocycles. The van der Waals surface area contributed by atoms with Crippen LogP contribution >= 0.6 is 11.8 Å². The van der Waals surface area contributed by atoms with Crippen molar-refractivity contribution >= 4 is 22.9 Å². The Morgan fingerprint density at radius 1 is 1.04 bits per heavy atom. The third kappa shape index (κ3) is 3.89. The normalized spacial score (nSPS) is 11.9. The van der Waals surface area contributed by atoms with Gasteiger partial charge >= 0.3 is 6.18 Å². The molecule has 0 saturated carbocycles. The van der Waals surface area contributed by atoms with Gasteiger partial charge in [0, 0.05) is 23.0 Å². The van der Waals surface area contributed by atoms with Crippen molar-refractivity contribution in [2.75, 3.05) is 0 Å². The third-order valence-corrected chi connectivity index (χ3v) is 5.36. The maximum Gasteiger partial charge on any atom is 0.416 e. The van der Waals surface area contributed by atoms with Gasteiger partial charge in [0.05, 0.1) is 11.1 Å². The molecule has 3 nitrogen and oxygen atoms in total. The summed E-state index contributed by atoms with van der Waals surface area (Å²) in [5.41, 5.74) is 2.81. The predicted molar refractivity (Wildman–Crippen MR) is 103 cm³/mol. The van der Waals surface area contributed by atoms with E-state index in [2.05, 4.69) is 34.2 Å². The van der Waals surface area contributed by atoms with Crippen LogP contribution in [0.15, 0.2) is 70.2 Å². The lowest BCUT2D eigenvalue weighted by Crippen LogP contribution is -2.03. The first kappa shape index (κ1) is 18.6. The molecule has 4 aromatic rings. The van der Waals surface area contributed by atoms with E-state index in [9.17, 15) is 13.2 Å². The van der Waals surface area contributed by atoms with Gasteiger partial charge in [0.15, 0.2) is 5.58 Å². The van der Waals surface area contributed by atoms with Crippen molar-refractivity contribution < 1.29 is 17.6 Å². The Morgan fingerprint density at radius 3 is 2.57 bits per heavy atom. The van der Waals surface area contributed by atoms with Crippen molar-refractivity contribution in [1.82, 2.24) is 9.97 Å². The predicted octanol–water partition coefficient (Wildman–Crippen LogP) is 6.51. The summed E-state index contributed by atoms with van der Waals surface area (Å²) in [6.07, 6.45) is -1.09. The SMILES string of the molecule is Cc1ccc(CSc2cnccc2-c2nc3cc(C(F)(F)F)ccc3o2)cc1. The number of aromatic nitrogens is 2. The van der Waals surface area contributed by atoms with Crippen LogP contribution in [0.4, 0.5) is 13.2 Å². The highest BCUT2D eigenvalue weighted by molar-refractivity contribution is 7.98. The van der Waals surface area contributed by atoms with E-state index in [1.54, 1.807) is 30.2 Å². The Kier molecular flexibility index (Phi) is 4.85. The quantitative estimate of drug-likeness (QED) is 0.366. The lowest BCUT2D eigenvalue weighted by atomic mass is 10.2. The van der Waals surface area contributed by atoms with Gasteiger partial charge in [0.25, 0.3) is 0 Å². The molecule has 4 rings (SSSR count). The number of fused-ring (bicyclic) bond motifs is 1. The zero-order valence-electron chi connectivity index (χ0n) is 14.8. The molecule has 0 amide bonds. The first-order chi connectivity index (χ1) is 13.4. The number of hydrogen-bond donors (Lipinski definition) is 0. The lowest BCUT2D eigenvalue weighted by Gasteiger charge is -2.06. The maximum atomic E-state index is 12.9. The van der Waals surface area contributed by atoms with Gasteiger partial charge in [-0.1, -0.05) is 29.8 Å². The number of aryl methyl sites for hydroxylation is 1. The maximum absolute atomic E-state index is 12.9. The first-order valence-corrected chi connectivity index (χ1v) is 9.49. The molecule has 0 aliphatic rings. The second kappa shape index (κ2) is 7.31. The Hall–Kier alpha value is -2.80. The number of halogens is 3. The number of rotatable bonds is 4. The van der Waals surface area contributed by atoms with Crippen molar-refractivity contribution in [3.8, 4) is 11.5 Å². The van der Waals surface area contributed by atoms with Crippen LogP contribution in [0.5, 0.6) is 0 Å². The van der Waals surface area contributed by atoms with E-state index in [1.165, 1.54) is 11.6 Å². The van der Waals surface area contributed by atoms with Gasteiger partial charge in [-0.15, -0.1) is 11.8 Å². The first-order valence-electron chi connectivity index (χ1n) is 8.51. The Balaban J connectivity index is 1.64.